The zero-order valence-electron chi connectivity index (χ0n) is 8.23. The van der Waals surface area contributed by atoms with Gasteiger partial charge in [0.25, 0.3) is 12.3 Å². The predicted octanol–water partition coefficient (Wildman–Crippen LogP) is 2.29. The molecule has 0 spiro atoms. The number of halogens is 3. The van der Waals surface area contributed by atoms with Gasteiger partial charge in [0.1, 0.15) is 0 Å². The molecule has 0 aliphatic carbocycles. The molecule has 1 amide bonds. The van der Waals surface area contributed by atoms with Gasteiger partial charge >= 0.3 is 0 Å². The zero-order chi connectivity index (χ0) is 11.0. The number of nitrogens with one attached hydrogen (secondary N) is 1. The Balaban J connectivity index is 3.44. The third kappa shape index (κ3) is 5.83. The molecule has 14 heavy (non-hydrogen) atoms. The number of carbonyl (C=O) groups is 1. The molecule has 0 bridgehead atoms. The number of carbonyl (C=O) groups excluding carboxylic acids is 1. The zero-order valence-corrected chi connectivity index (χ0v) is 8.23. The number of hydrogen-bond acceptors (Lipinski definition) is 1. The van der Waals surface area contributed by atoms with Gasteiger partial charge in [-0.25, -0.2) is 13.2 Å². The first-order valence-corrected chi connectivity index (χ1v) is 4.79. The van der Waals surface area contributed by atoms with E-state index in [1.165, 1.54) is 0 Å². The molecule has 0 aliphatic rings. The standard InChI is InChI=1S/C9H16F3NO/c1-2-3-4-5-6-13-9(14)7(10)8(11)12/h7-8H,2-6H2,1H3,(H,13,14). The second-order valence-corrected chi connectivity index (χ2v) is 3.09. The van der Waals surface area contributed by atoms with Crippen molar-refractivity contribution in [1.29, 1.82) is 0 Å². The largest absolute Gasteiger partial charge is 0.353 e. The van der Waals surface area contributed by atoms with E-state index in [4.69, 9.17) is 0 Å². The van der Waals surface area contributed by atoms with Crippen molar-refractivity contribution in [3.63, 3.8) is 0 Å². The summed E-state index contributed by atoms with van der Waals surface area (Å²) in [5, 5.41) is 2.13. The Morgan fingerprint density at radius 3 is 2.36 bits per heavy atom. The average molecular weight is 211 g/mol. The van der Waals surface area contributed by atoms with Gasteiger partial charge in [-0.15, -0.1) is 0 Å². The fourth-order valence-corrected chi connectivity index (χ4v) is 0.975. The van der Waals surface area contributed by atoms with Gasteiger partial charge < -0.3 is 5.32 Å². The molecule has 0 rings (SSSR count). The van der Waals surface area contributed by atoms with Crippen molar-refractivity contribution < 1.29 is 18.0 Å². The Labute approximate surface area is 81.9 Å². The molecule has 0 saturated carbocycles. The van der Waals surface area contributed by atoms with Crippen LogP contribution in [0.25, 0.3) is 0 Å². The van der Waals surface area contributed by atoms with E-state index in [0.717, 1.165) is 19.3 Å². The SMILES string of the molecule is CCCCCCNC(=O)C(F)C(F)F. The highest BCUT2D eigenvalue weighted by Crippen LogP contribution is 2.05. The maximum Gasteiger partial charge on any atom is 0.278 e. The Hall–Kier alpha value is -0.740. The maximum atomic E-state index is 12.3. The third-order valence-corrected chi connectivity index (χ3v) is 1.80. The van der Waals surface area contributed by atoms with Crippen LogP contribution in [0.1, 0.15) is 32.6 Å². The summed E-state index contributed by atoms with van der Waals surface area (Å²) in [5.74, 6) is -1.21. The number of alkyl halides is 3. The predicted molar refractivity (Wildman–Crippen MR) is 48.1 cm³/mol. The molecule has 0 aromatic carbocycles. The lowest BCUT2D eigenvalue weighted by molar-refractivity contribution is -0.131. The van der Waals surface area contributed by atoms with Crippen LogP contribution in [0.15, 0.2) is 0 Å². The van der Waals surface area contributed by atoms with Crippen molar-refractivity contribution >= 4 is 5.91 Å². The first-order valence-electron chi connectivity index (χ1n) is 4.79. The molecule has 1 atom stereocenters. The van der Waals surface area contributed by atoms with Crippen LogP contribution in [0.5, 0.6) is 0 Å². The summed E-state index contributed by atoms with van der Waals surface area (Å²) in [5.41, 5.74) is 0. The number of hydrogen-bond donors (Lipinski definition) is 1. The van der Waals surface area contributed by atoms with E-state index in [1.54, 1.807) is 0 Å². The molecule has 0 heterocycles. The highest BCUT2D eigenvalue weighted by molar-refractivity contribution is 5.80. The Kier molecular flexibility index (Phi) is 7.24. The average Bonchev–Trinajstić information content (AvgIpc) is 2.16. The van der Waals surface area contributed by atoms with E-state index in [9.17, 15) is 18.0 Å². The van der Waals surface area contributed by atoms with Crippen LogP contribution >= 0.6 is 0 Å². The monoisotopic (exact) mass is 211 g/mol. The first kappa shape index (κ1) is 13.3. The molecular formula is C9H16F3NO. The lowest BCUT2D eigenvalue weighted by Gasteiger charge is -2.07. The molecular weight excluding hydrogens is 195 g/mol. The van der Waals surface area contributed by atoms with Gasteiger partial charge in [-0.2, -0.15) is 0 Å². The minimum atomic E-state index is -3.23. The van der Waals surface area contributed by atoms with Crippen molar-refractivity contribution in [2.75, 3.05) is 6.54 Å². The molecule has 5 heteroatoms. The smallest absolute Gasteiger partial charge is 0.278 e. The van der Waals surface area contributed by atoms with E-state index in [-0.39, 0.29) is 6.54 Å². The molecule has 1 N–H and O–H groups in total. The summed E-state index contributed by atoms with van der Waals surface area (Å²) in [6, 6.07) is 0. The van der Waals surface area contributed by atoms with Crippen molar-refractivity contribution in [2.24, 2.45) is 0 Å². The lowest BCUT2D eigenvalue weighted by atomic mass is 10.2. The molecule has 1 unspecified atom stereocenters. The first-order chi connectivity index (χ1) is 6.59. The summed E-state index contributed by atoms with van der Waals surface area (Å²) in [6.45, 7) is 2.30. The summed E-state index contributed by atoms with van der Waals surface area (Å²) in [6.07, 6.45) is -2.22. The van der Waals surface area contributed by atoms with Crippen molar-refractivity contribution in [1.82, 2.24) is 5.32 Å². The van der Waals surface area contributed by atoms with E-state index >= 15 is 0 Å². The lowest BCUT2D eigenvalue weighted by Crippen LogP contribution is -2.36. The molecule has 0 saturated heterocycles. The fraction of sp³-hybridized carbons (Fsp3) is 0.889. The minimum Gasteiger partial charge on any atom is -0.353 e. The van der Waals surface area contributed by atoms with Crippen molar-refractivity contribution in [2.45, 2.75) is 45.2 Å². The maximum absolute atomic E-state index is 12.3. The highest BCUT2D eigenvalue weighted by atomic mass is 19.3. The summed E-state index contributed by atoms with van der Waals surface area (Å²) >= 11 is 0. The van der Waals surface area contributed by atoms with Crippen molar-refractivity contribution in [3.05, 3.63) is 0 Å². The molecule has 0 radical (unpaired) electrons. The van der Waals surface area contributed by atoms with Crippen LogP contribution in [-0.4, -0.2) is 25.0 Å². The van der Waals surface area contributed by atoms with E-state index in [0.29, 0.717) is 6.42 Å². The van der Waals surface area contributed by atoms with E-state index < -0.39 is 18.5 Å². The topological polar surface area (TPSA) is 29.1 Å². The molecule has 2 nitrogen and oxygen atoms in total. The van der Waals surface area contributed by atoms with Gasteiger partial charge in [-0.3, -0.25) is 4.79 Å². The summed E-state index contributed by atoms with van der Waals surface area (Å²) in [7, 11) is 0. The molecule has 84 valence electrons. The fourth-order valence-electron chi connectivity index (χ4n) is 0.975. The minimum absolute atomic E-state index is 0.270. The van der Waals surface area contributed by atoms with Gasteiger partial charge in [0.05, 0.1) is 0 Å². The normalized spacial score (nSPS) is 12.9. The van der Waals surface area contributed by atoms with Gasteiger partial charge in [0.15, 0.2) is 0 Å². The van der Waals surface area contributed by atoms with Crippen LogP contribution in [-0.2, 0) is 4.79 Å². The third-order valence-electron chi connectivity index (χ3n) is 1.80. The van der Waals surface area contributed by atoms with Gasteiger partial charge in [0.2, 0.25) is 6.17 Å². The van der Waals surface area contributed by atoms with Gasteiger partial charge in [0, 0.05) is 6.54 Å². The second kappa shape index (κ2) is 7.64. The molecule has 0 aliphatic heterocycles. The number of amides is 1. The van der Waals surface area contributed by atoms with E-state index in [2.05, 4.69) is 5.32 Å². The summed E-state index contributed by atoms with van der Waals surface area (Å²) in [4.78, 5) is 10.7. The molecule has 0 fully saturated rings. The second-order valence-electron chi connectivity index (χ2n) is 3.09. The molecule has 0 aromatic rings. The Bertz CT molecular complexity index is 164. The van der Waals surface area contributed by atoms with Crippen LogP contribution in [0.4, 0.5) is 13.2 Å². The van der Waals surface area contributed by atoms with Gasteiger partial charge in [-0.05, 0) is 6.42 Å². The Morgan fingerprint density at radius 1 is 1.21 bits per heavy atom. The van der Waals surface area contributed by atoms with Crippen LogP contribution < -0.4 is 5.32 Å². The van der Waals surface area contributed by atoms with Gasteiger partial charge in [-0.1, -0.05) is 26.2 Å². The summed E-state index contributed by atoms with van der Waals surface area (Å²) < 4.78 is 35.7. The van der Waals surface area contributed by atoms with Crippen LogP contribution in [0, 0.1) is 0 Å². The number of rotatable bonds is 7. The quantitative estimate of drug-likeness (QED) is 0.643. The van der Waals surface area contributed by atoms with E-state index in [1.807, 2.05) is 6.92 Å². The van der Waals surface area contributed by atoms with Crippen molar-refractivity contribution in [3.8, 4) is 0 Å². The number of unbranched alkanes of at least 4 members (excludes halogenated alkanes) is 3. The highest BCUT2D eigenvalue weighted by Gasteiger charge is 2.26. The Morgan fingerprint density at radius 2 is 1.86 bits per heavy atom. The molecule has 0 aromatic heterocycles. The van der Waals surface area contributed by atoms with Crippen LogP contribution in [0.2, 0.25) is 0 Å². The van der Waals surface area contributed by atoms with Crippen LogP contribution in [0.3, 0.4) is 0 Å².